The van der Waals surface area contributed by atoms with Crippen LogP contribution in [0.4, 0.5) is 5.95 Å². The van der Waals surface area contributed by atoms with Crippen LogP contribution in [0.15, 0.2) is 11.6 Å². The Morgan fingerprint density at radius 2 is 2.13 bits per heavy atom. The quantitative estimate of drug-likeness (QED) is 0.864. The smallest absolute Gasteiger partial charge is 0.203 e. The largest absolute Gasteiger partial charge is 0.359 e. The molecule has 0 saturated heterocycles. The highest BCUT2D eigenvalue weighted by Gasteiger charge is 2.06. The van der Waals surface area contributed by atoms with Gasteiger partial charge in [-0.05, 0) is 13.8 Å². The molecule has 2 aromatic rings. The van der Waals surface area contributed by atoms with Crippen molar-refractivity contribution in [1.82, 2.24) is 14.5 Å². The van der Waals surface area contributed by atoms with Gasteiger partial charge in [-0.2, -0.15) is 0 Å². The van der Waals surface area contributed by atoms with Crippen molar-refractivity contribution in [2.75, 3.05) is 12.4 Å². The molecule has 0 spiro atoms. The van der Waals surface area contributed by atoms with Gasteiger partial charge in [-0.25, -0.2) is 9.97 Å². The summed E-state index contributed by atoms with van der Waals surface area (Å²) in [5, 5.41) is 6.25. The number of nitrogens with one attached hydrogen (secondary N) is 1. The Hall–Kier alpha value is -1.36. The molecule has 0 aliphatic rings. The van der Waals surface area contributed by atoms with E-state index >= 15 is 0 Å². The van der Waals surface area contributed by atoms with E-state index in [1.807, 2.05) is 27.1 Å². The van der Waals surface area contributed by atoms with Crippen LogP contribution in [0.25, 0.3) is 0 Å². The van der Waals surface area contributed by atoms with Gasteiger partial charge in [-0.1, -0.05) is 0 Å². The molecule has 2 heterocycles. The summed E-state index contributed by atoms with van der Waals surface area (Å²) in [6.45, 7) is 4.79. The van der Waals surface area contributed by atoms with E-state index in [1.54, 1.807) is 11.3 Å². The Kier molecular flexibility index (Phi) is 2.73. The summed E-state index contributed by atoms with van der Waals surface area (Å²) >= 11 is 1.69. The minimum Gasteiger partial charge on any atom is -0.359 e. The lowest BCUT2D eigenvalue weighted by atomic mass is 10.5. The van der Waals surface area contributed by atoms with Gasteiger partial charge in [0, 0.05) is 24.3 Å². The fraction of sp³-hybridized carbons (Fsp3) is 0.400. The van der Waals surface area contributed by atoms with Gasteiger partial charge in [0.1, 0.15) is 5.01 Å². The summed E-state index contributed by atoms with van der Waals surface area (Å²) in [4.78, 5) is 8.79. The van der Waals surface area contributed by atoms with Gasteiger partial charge in [-0.15, -0.1) is 11.3 Å². The average Bonchev–Trinajstić information content (AvgIpc) is 2.73. The van der Waals surface area contributed by atoms with Crippen LogP contribution in [-0.4, -0.2) is 21.6 Å². The van der Waals surface area contributed by atoms with Gasteiger partial charge in [0.05, 0.1) is 12.2 Å². The zero-order valence-corrected chi connectivity index (χ0v) is 9.93. The van der Waals surface area contributed by atoms with Crippen LogP contribution in [-0.2, 0) is 6.54 Å². The highest BCUT2D eigenvalue weighted by atomic mass is 32.1. The second kappa shape index (κ2) is 4.02. The first-order chi connectivity index (χ1) is 7.19. The molecule has 0 aliphatic heterocycles. The molecule has 80 valence electrons. The molecule has 2 rings (SSSR count). The number of hydrogen-bond acceptors (Lipinski definition) is 4. The summed E-state index contributed by atoms with van der Waals surface area (Å²) in [5.74, 6) is 0.889. The molecule has 5 heteroatoms. The molecule has 1 N–H and O–H groups in total. The molecule has 15 heavy (non-hydrogen) atoms. The molecule has 0 radical (unpaired) electrons. The van der Waals surface area contributed by atoms with Crippen molar-refractivity contribution >= 4 is 17.3 Å². The number of rotatable bonds is 3. The lowest BCUT2D eigenvalue weighted by molar-refractivity contribution is 0.795. The van der Waals surface area contributed by atoms with Gasteiger partial charge >= 0.3 is 0 Å². The van der Waals surface area contributed by atoms with Crippen molar-refractivity contribution in [1.29, 1.82) is 0 Å². The number of anilines is 1. The third-order valence-corrected chi connectivity index (χ3v) is 3.04. The molecule has 0 atom stereocenters. The Bertz CT molecular complexity index is 458. The standard InChI is InChI=1S/C10H14N4S/c1-7-4-14(10(11-3)13-7)5-9-12-8(2)6-15-9/h4,6H,5H2,1-3H3,(H,11,13). The molecular formula is C10H14N4S. The van der Waals surface area contributed by atoms with Crippen LogP contribution < -0.4 is 5.32 Å². The van der Waals surface area contributed by atoms with Gasteiger partial charge in [0.2, 0.25) is 5.95 Å². The lowest BCUT2D eigenvalue weighted by Gasteiger charge is -2.03. The average molecular weight is 222 g/mol. The normalized spacial score (nSPS) is 10.6. The number of aryl methyl sites for hydroxylation is 2. The number of nitrogens with zero attached hydrogens (tertiary/aromatic N) is 3. The molecule has 0 unspecified atom stereocenters. The number of thiazole rings is 1. The fourth-order valence-corrected chi connectivity index (χ4v) is 2.26. The van der Waals surface area contributed by atoms with E-state index in [0.29, 0.717) is 0 Å². The van der Waals surface area contributed by atoms with Gasteiger partial charge < -0.3 is 9.88 Å². The van der Waals surface area contributed by atoms with Crippen molar-refractivity contribution in [3.05, 3.63) is 28.0 Å². The second-order valence-corrected chi connectivity index (χ2v) is 4.41. The first-order valence-electron chi connectivity index (χ1n) is 4.81. The summed E-state index contributed by atoms with van der Waals surface area (Å²) in [7, 11) is 1.88. The van der Waals surface area contributed by atoms with Crippen molar-refractivity contribution in [3.63, 3.8) is 0 Å². The minimum absolute atomic E-state index is 0.787. The van der Waals surface area contributed by atoms with Crippen molar-refractivity contribution < 1.29 is 0 Å². The third-order valence-electron chi connectivity index (χ3n) is 2.09. The summed E-state index contributed by atoms with van der Waals surface area (Å²) in [6, 6.07) is 0. The predicted molar refractivity (Wildman–Crippen MR) is 62.5 cm³/mol. The van der Waals surface area contributed by atoms with Crippen LogP contribution in [0.2, 0.25) is 0 Å². The van der Waals surface area contributed by atoms with Crippen LogP contribution >= 0.6 is 11.3 Å². The Labute approximate surface area is 93.0 Å². The number of imidazole rings is 1. The zero-order chi connectivity index (χ0) is 10.8. The van der Waals surface area contributed by atoms with Crippen LogP contribution in [0.1, 0.15) is 16.4 Å². The van der Waals surface area contributed by atoms with E-state index in [9.17, 15) is 0 Å². The summed E-state index contributed by atoms with van der Waals surface area (Å²) < 4.78 is 2.08. The fourth-order valence-electron chi connectivity index (χ4n) is 1.49. The van der Waals surface area contributed by atoms with E-state index in [1.165, 1.54) is 0 Å². The maximum atomic E-state index is 4.43. The van der Waals surface area contributed by atoms with Crippen LogP contribution in [0, 0.1) is 13.8 Å². The Morgan fingerprint density at radius 3 is 2.73 bits per heavy atom. The summed E-state index contributed by atoms with van der Waals surface area (Å²) in [6.07, 6.45) is 2.03. The van der Waals surface area contributed by atoms with E-state index in [4.69, 9.17) is 0 Å². The first-order valence-corrected chi connectivity index (χ1v) is 5.69. The topological polar surface area (TPSA) is 42.7 Å². The predicted octanol–water partition coefficient (Wildman–Crippen LogP) is 2.05. The summed E-state index contributed by atoms with van der Waals surface area (Å²) in [5.41, 5.74) is 2.10. The van der Waals surface area contributed by atoms with Crippen molar-refractivity contribution in [3.8, 4) is 0 Å². The molecule has 2 aromatic heterocycles. The molecule has 0 amide bonds. The van der Waals surface area contributed by atoms with Crippen molar-refractivity contribution in [2.45, 2.75) is 20.4 Å². The number of aromatic nitrogens is 3. The first kappa shape index (κ1) is 10.2. The SMILES string of the molecule is CNc1nc(C)cn1Cc1nc(C)cs1. The van der Waals surface area contributed by atoms with Gasteiger partial charge in [0.15, 0.2) is 0 Å². The maximum Gasteiger partial charge on any atom is 0.203 e. The second-order valence-electron chi connectivity index (χ2n) is 3.47. The van der Waals surface area contributed by atoms with E-state index in [2.05, 4.69) is 25.2 Å². The third kappa shape index (κ3) is 2.18. The highest BCUT2D eigenvalue weighted by molar-refractivity contribution is 7.09. The molecule has 0 fully saturated rings. The lowest BCUT2D eigenvalue weighted by Crippen LogP contribution is -2.03. The molecular weight excluding hydrogens is 208 g/mol. The molecule has 0 aliphatic carbocycles. The van der Waals surface area contributed by atoms with Gasteiger partial charge in [0.25, 0.3) is 0 Å². The van der Waals surface area contributed by atoms with Crippen LogP contribution in [0.5, 0.6) is 0 Å². The molecule has 0 saturated carbocycles. The number of hydrogen-bond donors (Lipinski definition) is 1. The maximum absolute atomic E-state index is 4.43. The zero-order valence-electron chi connectivity index (χ0n) is 9.11. The Morgan fingerprint density at radius 1 is 1.33 bits per heavy atom. The highest BCUT2D eigenvalue weighted by Crippen LogP contribution is 2.14. The molecule has 0 aromatic carbocycles. The van der Waals surface area contributed by atoms with Gasteiger partial charge in [-0.3, -0.25) is 0 Å². The van der Waals surface area contributed by atoms with E-state index in [-0.39, 0.29) is 0 Å². The molecule has 4 nitrogen and oxygen atoms in total. The Balaban J connectivity index is 2.23. The van der Waals surface area contributed by atoms with Crippen molar-refractivity contribution in [2.24, 2.45) is 0 Å². The van der Waals surface area contributed by atoms with E-state index < -0.39 is 0 Å². The van der Waals surface area contributed by atoms with E-state index in [0.717, 1.165) is 28.9 Å². The monoisotopic (exact) mass is 222 g/mol. The minimum atomic E-state index is 0.787. The van der Waals surface area contributed by atoms with Crippen LogP contribution in [0.3, 0.4) is 0 Å². The molecule has 0 bridgehead atoms.